The van der Waals surface area contributed by atoms with Crippen LogP contribution in [0.25, 0.3) is 10.2 Å². The molecule has 0 bridgehead atoms. The lowest BCUT2D eigenvalue weighted by Crippen LogP contribution is -2.10. The largest absolute Gasteiger partial charge is 0.326 e. The van der Waals surface area contributed by atoms with Gasteiger partial charge in [0.15, 0.2) is 10.1 Å². The molecule has 0 unspecified atom stereocenters. The number of hydrogen-bond acceptors (Lipinski definition) is 5. The minimum atomic E-state index is -0.0157. The average Bonchev–Trinajstić information content (AvgIpc) is 3.02. The number of thioether (sulfide) groups is 1. The molecule has 3 aromatic rings. The van der Waals surface area contributed by atoms with E-state index in [0.717, 1.165) is 21.0 Å². The van der Waals surface area contributed by atoms with Crippen LogP contribution in [0.3, 0.4) is 0 Å². The fraction of sp³-hybridized carbons (Fsp3) is 0.211. The first-order valence-corrected chi connectivity index (χ1v) is 10.3. The van der Waals surface area contributed by atoms with Crippen molar-refractivity contribution in [3.63, 3.8) is 0 Å². The Kier molecular flexibility index (Phi) is 6.29. The highest BCUT2D eigenvalue weighted by atomic mass is 35.5. The Balaban J connectivity index is 1.59. The van der Waals surface area contributed by atoms with Gasteiger partial charge >= 0.3 is 0 Å². The summed E-state index contributed by atoms with van der Waals surface area (Å²) in [6.07, 6.45) is 1.29. The van der Waals surface area contributed by atoms with E-state index in [-0.39, 0.29) is 11.7 Å². The zero-order valence-corrected chi connectivity index (χ0v) is 16.5. The summed E-state index contributed by atoms with van der Waals surface area (Å²) < 4.78 is 1.90. The van der Waals surface area contributed by atoms with E-state index in [0.29, 0.717) is 28.4 Å². The predicted octanol–water partition coefficient (Wildman–Crippen LogP) is 5.66. The number of anilines is 1. The van der Waals surface area contributed by atoms with E-state index in [2.05, 4.69) is 10.3 Å². The Labute approximate surface area is 165 Å². The van der Waals surface area contributed by atoms with E-state index < -0.39 is 0 Å². The summed E-state index contributed by atoms with van der Waals surface area (Å²) in [6.45, 7) is 1.96. The molecule has 0 saturated heterocycles. The number of aromatic nitrogens is 1. The first-order valence-electron chi connectivity index (χ1n) is 8.17. The summed E-state index contributed by atoms with van der Waals surface area (Å²) >= 11 is 8.95. The van der Waals surface area contributed by atoms with Crippen LogP contribution < -0.4 is 5.32 Å². The topological polar surface area (TPSA) is 59.1 Å². The number of carbonyl (C=O) groups is 2. The third kappa shape index (κ3) is 4.84. The fourth-order valence-electron chi connectivity index (χ4n) is 2.34. The summed E-state index contributed by atoms with van der Waals surface area (Å²) in [4.78, 5) is 28.5. The highest BCUT2D eigenvalue weighted by Crippen LogP contribution is 2.31. The Morgan fingerprint density at radius 1 is 1.19 bits per heavy atom. The number of Topliss-reactive ketones (excluding diaryl/α,β-unsaturated/α-hetero) is 1. The molecule has 0 aliphatic heterocycles. The van der Waals surface area contributed by atoms with Crippen LogP contribution in [0.4, 0.5) is 5.69 Å². The van der Waals surface area contributed by atoms with Gasteiger partial charge in [0.05, 0.1) is 16.0 Å². The molecular weight excluding hydrogens is 388 g/mol. The third-order valence-corrected chi connectivity index (χ3v) is 6.04. The molecule has 134 valence electrons. The van der Waals surface area contributed by atoms with Crippen molar-refractivity contribution in [2.45, 2.75) is 24.1 Å². The number of carbonyl (C=O) groups excluding carboxylic acids is 2. The summed E-state index contributed by atoms with van der Waals surface area (Å²) in [5, 5.41) is 3.47. The van der Waals surface area contributed by atoms with Crippen LogP contribution in [0.5, 0.6) is 0 Å². The molecule has 26 heavy (non-hydrogen) atoms. The van der Waals surface area contributed by atoms with Crippen LogP contribution >= 0.6 is 34.7 Å². The highest BCUT2D eigenvalue weighted by Gasteiger charge is 2.10. The number of halogens is 1. The maximum absolute atomic E-state index is 12.4. The van der Waals surface area contributed by atoms with E-state index >= 15 is 0 Å². The first-order chi connectivity index (χ1) is 12.5. The zero-order chi connectivity index (χ0) is 18.5. The van der Waals surface area contributed by atoms with Gasteiger partial charge in [0.25, 0.3) is 0 Å². The standard InChI is InChI=1S/C19H17ClN2O2S2/c1-2-3-18(24)21-14-7-4-12(5-8-14)16(23)11-25-19-22-15-10-13(20)6-9-17(15)26-19/h4-10H,2-3,11H2,1H3,(H,21,24). The monoisotopic (exact) mass is 404 g/mol. The number of hydrogen-bond donors (Lipinski definition) is 1. The lowest BCUT2D eigenvalue weighted by atomic mass is 10.1. The smallest absolute Gasteiger partial charge is 0.224 e. The van der Waals surface area contributed by atoms with E-state index in [1.165, 1.54) is 11.8 Å². The van der Waals surface area contributed by atoms with Crippen molar-refractivity contribution >= 4 is 62.3 Å². The molecule has 0 atom stereocenters. The Morgan fingerprint density at radius 2 is 1.96 bits per heavy atom. The van der Waals surface area contributed by atoms with Gasteiger partial charge in [0.1, 0.15) is 0 Å². The van der Waals surface area contributed by atoms with Gasteiger partial charge in [-0.15, -0.1) is 11.3 Å². The molecule has 4 nitrogen and oxygen atoms in total. The molecular formula is C19H17ClN2O2S2. The fourth-order valence-corrected chi connectivity index (χ4v) is 4.45. The van der Waals surface area contributed by atoms with Gasteiger partial charge in [0.2, 0.25) is 5.91 Å². The Morgan fingerprint density at radius 3 is 2.69 bits per heavy atom. The Bertz CT molecular complexity index is 938. The molecule has 1 aromatic heterocycles. The predicted molar refractivity (Wildman–Crippen MR) is 110 cm³/mol. The van der Waals surface area contributed by atoms with Crippen molar-refractivity contribution in [2.75, 3.05) is 11.1 Å². The number of rotatable bonds is 7. The number of ketones is 1. The van der Waals surface area contributed by atoms with Gasteiger partial charge < -0.3 is 5.32 Å². The molecule has 1 amide bonds. The maximum Gasteiger partial charge on any atom is 0.224 e. The normalized spacial score (nSPS) is 10.8. The summed E-state index contributed by atoms with van der Waals surface area (Å²) in [7, 11) is 0. The lowest BCUT2D eigenvalue weighted by Gasteiger charge is -2.05. The van der Waals surface area contributed by atoms with Gasteiger partial charge in [-0.1, -0.05) is 30.3 Å². The second-order valence-electron chi connectivity index (χ2n) is 5.68. The van der Waals surface area contributed by atoms with Crippen LogP contribution in [-0.2, 0) is 4.79 Å². The van der Waals surface area contributed by atoms with Crippen LogP contribution in [0, 0.1) is 0 Å². The molecule has 1 N–H and O–H groups in total. The molecule has 0 aliphatic rings. The van der Waals surface area contributed by atoms with Crippen molar-refractivity contribution in [3.05, 3.63) is 53.1 Å². The molecule has 0 radical (unpaired) electrons. The van der Waals surface area contributed by atoms with Gasteiger partial charge in [-0.25, -0.2) is 4.98 Å². The summed E-state index contributed by atoms with van der Waals surface area (Å²) in [5.41, 5.74) is 2.18. The zero-order valence-electron chi connectivity index (χ0n) is 14.1. The number of amides is 1. The van der Waals surface area contributed by atoms with Crippen molar-refractivity contribution in [3.8, 4) is 0 Å². The van der Waals surface area contributed by atoms with Crippen LogP contribution in [0.15, 0.2) is 46.8 Å². The third-order valence-electron chi connectivity index (χ3n) is 3.62. The quantitative estimate of drug-likeness (QED) is 0.407. The van der Waals surface area contributed by atoms with E-state index in [4.69, 9.17) is 11.6 Å². The number of nitrogens with zero attached hydrogens (tertiary/aromatic N) is 1. The molecule has 1 heterocycles. The minimum absolute atomic E-state index is 0.0157. The number of nitrogens with one attached hydrogen (secondary N) is 1. The molecule has 7 heteroatoms. The SMILES string of the molecule is CCCC(=O)Nc1ccc(C(=O)CSc2nc3cc(Cl)ccc3s2)cc1. The molecule has 0 spiro atoms. The van der Waals surface area contributed by atoms with E-state index in [9.17, 15) is 9.59 Å². The number of benzene rings is 2. The van der Waals surface area contributed by atoms with Gasteiger partial charge in [0, 0.05) is 22.7 Å². The maximum atomic E-state index is 12.4. The minimum Gasteiger partial charge on any atom is -0.326 e. The second kappa shape index (κ2) is 8.66. The highest BCUT2D eigenvalue weighted by molar-refractivity contribution is 8.01. The van der Waals surface area contributed by atoms with E-state index in [1.807, 2.05) is 25.1 Å². The van der Waals surface area contributed by atoms with Crippen molar-refractivity contribution < 1.29 is 9.59 Å². The summed E-state index contributed by atoms with van der Waals surface area (Å²) in [6, 6.07) is 12.6. The molecule has 3 rings (SSSR count). The molecule has 2 aromatic carbocycles. The average molecular weight is 405 g/mol. The number of thiazole rings is 1. The summed E-state index contributed by atoms with van der Waals surface area (Å²) in [5.74, 6) is 0.325. The van der Waals surface area contributed by atoms with Crippen LogP contribution in [0.2, 0.25) is 5.02 Å². The second-order valence-corrected chi connectivity index (χ2v) is 8.37. The first kappa shape index (κ1) is 18.9. The van der Waals surface area contributed by atoms with Crippen molar-refractivity contribution in [1.29, 1.82) is 0 Å². The van der Waals surface area contributed by atoms with Crippen LogP contribution in [-0.4, -0.2) is 22.4 Å². The van der Waals surface area contributed by atoms with Crippen LogP contribution in [0.1, 0.15) is 30.1 Å². The van der Waals surface area contributed by atoms with E-state index in [1.54, 1.807) is 35.6 Å². The van der Waals surface area contributed by atoms with Gasteiger partial charge in [-0.2, -0.15) is 0 Å². The van der Waals surface area contributed by atoms with Crippen molar-refractivity contribution in [1.82, 2.24) is 4.98 Å². The lowest BCUT2D eigenvalue weighted by molar-refractivity contribution is -0.116. The molecule has 0 aliphatic carbocycles. The molecule has 0 fully saturated rings. The Hall–Kier alpha value is -1.89. The number of fused-ring (bicyclic) bond motifs is 1. The van der Waals surface area contributed by atoms with Gasteiger partial charge in [-0.05, 0) is 48.9 Å². The van der Waals surface area contributed by atoms with Gasteiger partial charge in [-0.3, -0.25) is 9.59 Å². The van der Waals surface area contributed by atoms with Crippen molar-refractivity contribution in [2.24, 2.45) is 0 Å². The molecule has 0 saturated carbocycles.